The Labute approximate surface area is 91.5 Å². The average molecular weight is 225 g/mol. The first-order valence-corrected chi connectivity index (χ1v) is 5.33. The summed E-state index contributed by atoms with van der Waals surface area (Å²) in [6.07, 6.45) is 0.249. The van der Waals surface area contributed by atoms with Gasteiger partial charge in [0.25, 0.3) is 0 Å². The van der Waals surface area contributed by atoms with Gasteiger partial charge in [-0.2, -0.15) is 0 Å². The molecule has 0 heterocycles. The molecular formula is C10H11NO3S. The van der Waals surface area contributed by atoms with Crippen molar-refractivity contribution in [1.29, 1.82) is 0 Å². The molecule has 0 spiro atoms. The van der Waals surface area contributed by atoms with Gasteiger partial charge in [-0.3, -0.25) is 4.79 Å². The van der Waals surface area contributed by atoms with Gasteiger partial charge in [-0.15, -0.1) is 11.8 Å². The average Bonchev–Trinajstić information content (AvgIpc) is 2.17. The van der Waals surface area contributed by atoms with Crippen LogP contribution in [0.15, 0.2) is 29.2 Å². The Morgan fingerprint density at radius 1 is 1.33 bits per heavy atom. The maximum Gasteiger partial charge on any atom is 0.336 e. The van der Waals surface area contributed by atoms with E-state index in [1.165, 1.54) is 17.8 Å². The summed E-state index contributed by atoms with van der Waals surface area (Å²) in [5.74, 6) is -0.841. The molecule has 1 rings (SSSR count). The summed E-state index contributed by atoms with van der Waals surface area (Å²) >= 11 is 1.32. The van der Waals surface area contributed by atoms with Crippen LogP contribution in [-0.2, 0) is 4.79 Å². The third kappa shape index (κ3) is 3.63. The van der Waals surface area contributed by atoms with Crippen molar-refractivity contribution in [2.75, 3.05) is 5.75 Å². The van der Waals surface area contributed by atoms with Crippen LogP contribution in [0.2, 0.25) is 0 Å². The standard InChI is InChI=1S/C10H11NO3S/c11-9(12)5-6-15-8-4-2-1-3-7(8)10(13)14/h1-4H,5-6H2,(H2,11,12)(H,13,14). The lowest BCUT2D eigenvalue weighted by Crippen LogP contribution is -2.11. The number of hydrogen-bond donors (Lipinski definition) is 2. The molecule has 0 aromatic heterocycles. The highest BCUT2D eigenvalue weighted by Crippen LogP contribution is 2.22. The van der Waals surface area contributed by atoms with Gasteiger partial charge in [0.05, 0.1) is 5.56 Å². The van der Waals surface area contributed by atoms with Crippen molar-refractivity contribution >= 4 is 23.6 Å². The molecule has 0 unspecified atom stereocenters. The van der Waals surface area contributed by atoms with Crippen LogP contribution in [0, 0.1) is 0 Å². The van der Waals surface area contributed by atoms with Gasteiger partial charge in [0.2, 0.25) is 5.91 Å². The van der Waals surface area contributed by atoms with Crippen LogP contribution in [0.4, 0.5) is 0 Å². The predicted molar refractivity (Wildman–Crippen MR) is 57.9 cm³/mol. The van der Waals surface area contributed by atoms with Gasteiger partial charge in [-0.05, 0) is 12.1 Å². The van der Waals surface area contributed by atoms with E-state index in [1.807, 2.05) is 0 Å². The van der Waals surface area contributed by atoms with E-state index in [4.69, 9.17) is 10.8 Å². The van der Waals surface area contributed by atoms with Crippen molar-refractivity contribution in [3.8, 4) is 0 Å². The smallest absolute Gasteiger partial charge is 0.336 e. The molecule has 1 aromatic rings. The van der Waals surface area contributed by atoms with Gasteiger partial charge in [0.1, 0.15) is 0 Å². The molecule has 0 atom stereocenters. The van der Waals surface area contributed by atoms with E-state index in [2.05, 4.69) is 0 Å². The third-order valence-electron chi connectivity index (χ3n) is 1.72. The lowest BCUT2D eigenvalue weighted by molar-refractivity contribution is -0.117. The summed E-state index contributed by atoms with van der Waals surface area (Å²) in [6, 6.07) is 6.69. The summed E-state index contributed by atoms with van der Waals surface area (Å²) < 4.78 is 0. The highest BCUT2D eigenvalue weighted by molar-refractivity contribution is 7.99. The Kier molecular flexibility index (Phi) is 4.17. The molecule has 0 aliphatic rings. The van der Waals surface area contributed by atoms with Crippen molar-refractivity contribution in [3.05, 3.63) is 29.8 Å². The van der Waals surface area contributed by atoms with Gasteiger partial charge in [0.15, 0.2) is 0 Å². The topological polar surface area (TPSA) is 80.4 Å². The number of thioether (sulfide) groups is 1. The summed E-state index contributed by atoms with van der Waals surface area (Å²) in [4.78, 5) is 22.0. The zero-order chi connectivity index (χ0) is 11.3. The number of carbonyl (C=O) groups is 2. The largest absolute Gasteiger partial charge is 0.478 e. The molecule has 1 aromatic carbocycles. The van der Waals surface area contributed by atoms with Crippen molar-refractivity contribution < 1.29 is 14.7 Å². The Hall–Kier alpha value is -1.49. The number of rotatable bonds is 5. The molecule has 0 aliphatic carbocycles. The number of amides is 1. The summed E-state index contributed by atoms with van der Waals surface area (Å²) in [5, 5.41) is 8.87. The first-order valence-electron chi connectivity index (χ1n) is 4.34. The Bertz CT molecular complexity index is 379. The lowest BCUT2D eigenvalue weighted by Gasteiger charge is -2.03. The number of hydrogen-bond acceptors (Lipinski definition) is 3. The molecule has 4 nitrogen and oxygen atoms in total. The number of carboxylic acid groups (broad SMARTS) is 1. The molecule has 0 radical (unpaired) electrons. The third-order valence-corrected chi connectivity index (χ3v) is 2.80. The first-order chi connectivity index (χ1) is 7.11. The maximum absolute atomic E-state index is 10.8. The van der Waals surface area contributed by atoms with Crippen molar-refractivity contribution in [3.63, 3.8) is 0 Å². The monoisotopic (exact) mass is 225 g/mol. The first kappa shape index (κ1) is 11.6. The van der Waals surface area contributed by atoms with Crippen molar-refractivity contribution in [2.24, 2.45) is 5.73 Å². The van der Waals surface area contributed by atoms with Crippen LogP contribution in [0.5, 0.6) is 0 Å². The predicted octanol–water partition coefficient (Wildman–Crippen LogP) is 1.35. The molecule has 0 aliphatic heterocycles. The highest BCUT2D eigenvalue weighted by atomic mass is 32.2. The molecule has 5 heteroatoms. The Balaban J connectivity index is 2.67. The minimum Gasteiger partial charge on any atom is -0.478 e. The van der Waals surface area contributed by atoms with Crippen LogP contribution in [0.25, 0.3) is 0 Å². The van der Waals surface area contributed by atoms with E-state index in [1.54, 1.807) is 18.2 Å². The minimum atomic E-state index is -0.961. The number of benzene rings is 1. The van der Waals surface area contributed by atoms with E-state index in [9.17, 15) is 9.59 Å². The van der Waals surface area contributed by atoms with Gasteiger partial charge < -0.3 is 10.8 Å². The fourth-order valence-electron chi connectivity index (χ4n) is 1.03. The molecule has 0 saturated heterocycles. The second kappa shape index (κ2) is 5.41. The number of nitrogens with two attached hydrogens (primary N) is 1. The molecule has 80 valence electrons. The van der Waals surface area contributed by atoms with Crippen LogP contribution in [0.3, 0.4) is 0 Å². The fraction of sp³-hybridized carbons (Fsp3) is 0.200. The van der Waals surface area contributed by atoms with E-state index < -0.39 is 5.97 Å². The van der Waals surface area contributed by atoms with Crippen LogP contribution >= 0.6 is 11.8 Å². The lowest BCUT2D eigenvalue weighted by atomic mass is 10.2. The molecular weight excluding hydrogens is 214 g/mol. The second-order valence-corrected chi connectivity index (χ2v) is 4.00. The molecule has 15 heavy (non-hydrogen) atoms. The zero-order valence-corrected chi connectivity index (χ0v) is 8.79. The summed E-state index contributed by atoms with van der Waals surface area (Å²) in [6.45, 7) is 0. The number of primary amides is 1. The van der Waals surface area contributed by atoms with Crippen molar-refractivity contribution in [2.45, 2.75) is 11.3 Å². The number of carbonyl (C=O) groups excluding carboxylic acids is 1. The van der Waals surface area contributed by atoms with Gasteiger partial charge in [-0.25, -0.2) is 4.79 Å². The van der Waals surface area contributed by atoms with E-state index in [0.717, 1.165) is 0 Å². The molecule has 3 N–H and O–H groups in total. The van der Waals surface area contributed by atoms with E-state index >= 15 is 0 Å². The number of aromatic carboxylic acids is 1. The SMILES string of the molecule is NC(=O)CCSc1ccccc1C(=O)O. The molecule has 0 saturated carbocycles. The summed E-state index contributed by atoms with van der Waals surface area (Å²) in [7, 11) is 0. The highest BCUT2D eigenvalue weighted by Gasteiger charge is 2.09. The van der Waals surface area contributed by atoms with Gasteiger partial charge in [-0.1, -0.05) is 12.1 Å². The molecule has 0 fully saturated rings. The van der Waals surface area contributed by atoms with E-state index in [-0.39, 0.29) is 17.9 Å². The Morgan fingerprint density at radius 2 is 2.00 bits per heavy atom. The van der Waals surface area contributed by atoms with Crippen LogP contribution < -0.4 is 5.73 Å². The van der Waals surface area contributed by atoms with Gasteiger partial charge >= 0.3 is 5.97 Å². The second-order valence-electron chi connectivity index (χ2n) is 2.87. The minimum absolute atomic E-state index is 0.249. The molecule has 0 bridgehead atoms. The summed E-state index contributed by atoms with van der Waals surface area (Å²) in [5.41, 5.74) is 5.24. The fourth-order valence-corrected chi connectivity index (χ4v) is 2.04. The van der Waals surface area contributed by atoms with Crippen molar-refractivity contribution in [1.82, 2.24) is 0 Å². The van der Waals surface area contributed by atoms with E-state index in [0.29, 0.717) is 10.6 Å². The maximum atomic E-state index is 10.8. The van der Waals surface area contributed by atoms with Crippen LogP contribution in [-0.4, -0.2) is 22.7 Å². The van der Waals surface area contributed by atoms with Gasteiger partial charge in [0, 0.05) is 17.1 Å². The van der Waals surface area contributed by atoms with Crippen LogP contribution in [0.1, 0.15) is 16.8 Å². The molecule has 1 amide bonds. The number of carboxylic acids is 1. The quantitative estimate of drug-likeness (QED) is 0.741. The normalized spacial score (nSPS) is 9.87. The Morgan fingerprint density at radius 3 is 2.60 bits per heavy atom. The zero-order valence-electron chi connectivity index (χ0n) is 7.97.